The first-order valence-electron chi connectivity index (χ1n) is 6.90. The van der Waals surface area contributed by atoms with Crippen LogP contribution in [0.3, 0.4) is 0 Å². The summed E-state index contributed by atoms with van der Waals surface area (Å²) in [6, 6.07) is 9.76. The number of hydrogen-bond donors (Lipinski definition) is 0. The first-order valence-corrected chi connectivity index (χ1v) is 8.88. The van der Waals surface area contributed by atoms with Crippen molar-refractivity contribution in [3.63, 3.8) is 0 Å². The van der Waals surface area contributed by atoms with Crippen LogP contribution >= 0.6 is 47.2 Å². The fourth-order valence-electron chi connectivity index (χ4n) is 2.12. The van der Waals surface area contributed by atoms with Crippen LogP contribution in [0.25, 0.3) is 6.08 Å². The molecule has 2 aromatic rings. The molecule has 1 saturated heterocycles. The van der Waals surface area contributed by atoms with Gasteiger partial charge in [0.05, 0.1) is 4.91 Å². The van der Waals surface area contributed by atoms with Crippen molar-refractivity contribution in [1.82, 2.24) is 4.90 Å². The molecule has 25 heavy (non-hydrogen) atoms. The molecule has 0 N–H and O–H groups in total. The molecule has 8 heteroatoms. The van der Waals surface area contributed by atoms with Gasteiger partial charge >= 0.3 is 0 Å². The highest BCUT2D eigenvalue weighted by atomic mass is 35.5. The largest absolute Gasteiger partial charge is 0.273 e. The van der Waals surface area contributed by atoms with Crippen molar-refractivity contribution < 1.29 is 14.0 Å². The van der Waals surface area contributed by atoms with Crippen LogP contribution in [0.4, 0.5) is 4.39 Å². The van der Waals surface area contributed by atoms with Gasteiger partial charge in [-0.15, -0.1) is 0 Å². The van der Waals surface area contributed by atoms with Gasteiger partial charge in [0.2, 0.25) is 0 Å². The molecular weight excluding hydrogens is 404 g/mol. The first kappa shape index (κ1) is 18.1. The Bertz CT molecular complexity index is 929. The number of benzene rings is 2. The lowest BCUT2D eigenvalue weighted by Crippen LogP contribution is -2.34. The minimum Gasteiger partial charge on any atom is -0.268 e. The fourth-order valence-corrected chi connectivity index (χ4v) is 3.83. The predicted molar refractivity (Wildman–Crippen MR) is 102 cm³/mol. The maximum absolute atomic E-state index is 13.0. The molecule has 2 amide bonds. The Balaban J connectivity index is 1.90. The zero-order chi connectivity index (χ0) is 18.1. The summed E-state index contributed by atoms with van der Waals surface area (Å²) in [6.07, 6.45) is 1.55. The zero-order valence-corrected chi connectivity index (χ0v) is 15.5. The minimum absolute atomic E-state index is 0.107. The highest BCUT2D eigenvalue weighted by Crippen LogP contribution is 2.35. The van der Waals surface area contributed by atoms with E-state index in [4.69, 9.17) is 35.4 Å². The number of carbonyl (C=O) groups excluding carboxylic acids is 2. The van der Waals surface area contributed by atoms with E-state index in [9.17, 15) is 14.0 Å². The SMILES string of the molecule is O=C1C(=Cc2ccc(Cl)cc2Cl)SC(=S)N1C(=O)c1ccc(F)cc1. The Morgan fingerprint density at radius 2 is 1.84 bits per heavy atom. The van der Waals surface area contributed by atoms with Gasteiger partial charge < -0.3 is 0 Å². The summed E-state index contributed by atoms with van der Waals surface area (Å²) in [5.74, 6) is -1.62. The van der Waals surface area contributed by atoms with Crippen LogP contribution in [0.5, 0.6) is 0 Å². The van der Waals surface area contributed by atoms with Gasteiger partial charge in [-0.3, -0.25) is 9.59 Å². The topological polar surface area (TPSA) is 37.4 Å². The van der Waals surface area contributed by atoms with Crippen molar-refractivity contribution in [2.45, 2.75) is 0 Å². The van der Waals surface area contributed by atoms with E-state index in [1.54, 1.807) is 24.3 Å². The van der Waals surface area contributed by atoms with Gasteiger partial charge in [-0.1, -0.05) is 53.2 Å². The van der Waals surface area contributed by atoms with Crippen molar-refractivity contribution in [3.05, 3.63) is 74.4 Å². The van der Waals surface area contributed by atoms with Gasteiger partial charge in [0.1, 0.15) is 5.82 Å². The summed E-state index contributed by atoms with van der Waals surface area (Å²) in [5.41, 5.74) is 0.754. The molecule has 0 saturated carbocycles. The van der Waals surface area contributed by atoms with Gasteiger partial charge in [0.25, 0.3) is 11.8 Å². The zero-order valence-electron chi connectivity index (χ0n) is 12.3. The molecule has 0 atom stereocenters. The molecule has 0 aliphatic carbocycles. The smallest absolute Gasteiger partial charge is 0.268 e. The van der Waals surface area contributed by atoms with E-state index in [2.05, 4.69) is 0 Å². The number of halogens is 3. The van der Waals surface area contributed by atoms with Crippen molar-refractivity contribution >= 4 is 69.4 Å². The third-order valence-electron chi connectivity index (χ3n) is 3.34. The summed E-state index contributed by atoms with van der Waals surface area (Å²) in [5, 5.41) is 0.851. The van der Waals surface area contributed by atoms with Crippen molar-refractivity contribution in [1.29, 1.82) is 0 Å². The average Bonchev–Trinajstić information content (AvgIpc) is 2.84. The van der Waals surface area contributed by atoms with Crippen molar-refractivity contribution in [3.8, 4) is 0 Å². The molecular formula is C17H8Cl2FNO2S2. The van der Waals surface area contributed by atoms with E-state index in [1.807, 2.05) is 0 Å². The molecule has 126 valence electrons. The highest BCUT2D eigenvalue weighted by Gasteiger charge is 2.37. The van der Waals surface area contributed by atoms with Crippen LogP contribution in [0.1, 0.15) is 15.9 Å². The monoisotopic (exact) mass is 411 g/mol. The highest BCUT2D eigenvalue weighted by molar-refractivity contribution is 8.26. The molecule has 1 aliphatic heterocycles. The predicted octanol–water partition coefficient (Wildman–Crippen LogP) is 5.17. The number of hydrogen-bond acceptors (Lipinski definition) is 4. The van der Waals surface area contributed by atoms with E-state index in [1.165, 1.54) is 12.1 Å². The molecule has 0 unspecified atom stereocenters. The lowest BCUT2D eigenvalue weighted by Gasteiger charge is -2.12. The third-order valence-corrected chi connectivity index (χ3v) is 5.20. The average molecular weight is 412 g/mol. The number of carbonyl (C=O) groups is 2. The molecule has 1 fully saturated rings. The molecule has 0 spiro atoms. The molecule has 3 rings (SSSR count). The maximum atomic E-state index is 13.0. The quantitative estimate of drug-likeness (QED) is 0.387. The standard InChI is InChI=1S/C17H8Cl2FNO2S2/c18-11-4-1-10(13(19)8-11)7-14-16(23)21(17(24)25-14)15(22)9-2-5-12(20)6-3-9/h1-8H. The van der Waals surface area contributed by atoms with E-state index < -0.39 is 17.6 Å². The van der Waals surface area contributed by atoms with Gasteiger partial charge in [-0.05, 0) is 48.0 Å². The Labute approximate surface area is 162 Å². The molecule has 1 aliphatic rings. The first-order chi connectivity index (χ1) is 11.9. The van der Waals surface area contributed by atoms with Crippen LogP contribution in [-0.2, 0) is 4.79 Å². The number of amides is 2. The van der Waals surface area contributed by atoms with Crippen molar-refractivity contribution in [2.75, 3.05) is 0 Å². The van der Waals surface area contributed by atoms with Crippen LogP contribution < -0.4 is 0 Å². The van der Waals surface area contributed by atoms with E-state index in [0.717, 1.165) is 28.8 Å². The summed E-state index contributed by atoms with van der Waals surface area (Å²) in [4.78, 5) is 26.2. The molecule has 0 radical (unpaired) electrons. The number of rotatable bonds is 2. The molecule has 0 bridgehead atoms. The lowest BCUT2D eigenvalue weighted by atomic mass is 10.2. The van der Waals surface area contributed by atoms with Crippen LogP contribution in [0, 0.1) is 5.82 Å². The Morgan fingerprint density at radius 3 is 2.48 bits per heavy atom. The normalized spacial score (nSPS) is 16.0. The molecule has 3 nitrogen and oxygen atoms in total. The summed E-state index contributed by atoms with van der Waals surface area (Å²) in [7, 11) is 0. The van der Waals surface area contributed by atoms with Crippen LogP contribution in [-0.4, -0.2) is 21.0 Å². The number of nitrogens with zero attached hydrogens (tertiary/aromatic N) is 1. The molecule has 1 heterocycles. The lowest BCUT2D eigenvalue weighted by molar-refractivity contribution is -0.120. The second-order valence-corrected chi connectivity index (χ2v) is 7.51. The minimum atomic E-state index is -0.604. The van der Waals surface area contributed by atoms with Gasteiger partial charge in [-0.25, -0.2) is 9.29 Å². The van der Waals surface area contributed by atoms with Gasteiger partial charge in [0.15, 0.2) is 4.32 Å². The van der Waals surface area contributed by atoms with Gasteiger partial charge in [0, 0.05) is 15.6 Å². The Kier molecular flexibility index (Phi) is 5.24. The van der Waals surface area contributed by atoms with Crippen molar-refractivity contribution in [2.24, 2.45) is 0 Å². The summed E-state index contributed by atoms with van der Waals surface area (Å²) >= 11 is 18.1. The van der Waals surface area contributed by atoms with Crippen LogP contribution in [0.15, 0.2) is 47.4 Å². The van der Waals surface area contributed by atoms with E-state index in [-0.39, 0.29) is 14.8 Å². The summed E-state index contributed by atoms with van der Waals surface area (Å²) in [6.45, 7) is 0. The van der Waals surface area contributed by atoms with E-state index in [0.29, 0.717) is 15.6 Å². The summed E-state index contributed by atoms with van der Waals surface area (Å²) < 4.78 is 13.1. The fraction of sp³-hybridized carbons (Fsp3) is 0. The third kappa shape index (κ3) is 3.77. The second-order valence-electron chi connectivity index (χ2n) is 5.00. The number of thiocarbonyl (C=S) groups is 1. The number of imide groups is 1. The Hall–Kier alpha value is -1.73. The van der Waals surface area contributed by atoms with Gasteiger partial charge in [-0.2, -0.15) is 0 Å². The maximum Gasteiger partial charge on any atom is 0.273 e. The second kappa shape index (κ2) is 7.25. The molecule has 2 aromatic carbocycles. The molecule has 0 aromatic heterocycles. The Morgan fingerprint density at radius 1 is 1.16 bits per heavy atom. The van der Waals surface area contributed by atoms with Crippen LogP contribution in [0.2, 0.25) is 10.0 Å². The van der Waals surface area contributed by atoms with E-state index >= 15 is 0 Å². The number of thioether (sulfide) groups is 1.